The maximum Gasteiger partial charge on any atom is 0.0615 e. The molecule has 0 aromatic heterocycles. The average Bonchev–Trinajstić information content (AvgIpc) is 2.67. The van der Waals surface area contributed by atoms with Crippen molar-refractivity contribution in [3.63, 3.8) is 0 Å². The lowest BCUT2D eigenvalue weighted by Crippen LogP contribution is -2.42. The Bertz CT molecular complexity index is 334. The summed E-state index contributed by atoms with van der Waals surface area (Å²) in [5.74, 6) is 1.04. The van der Waals surface area contributed by atoms with Gasteiger partial charge in [-0.2, -0.15) is 0 Å². The summed E-state index contributed by atoms with van der Waals surface area (Å²) in [4.78, 5) is 5.21. The molecule has 2 aliphatic rings. The first-order valence-electron chi connectivity index (χ1n) is 10.1. The summed E-state index contributed by atoms with van der Waals surface area (Å²) in [6.45, 7) is 9.58. The lowest BCUT2D eigenvalue weighted by molar-refractivity contribution is 0.221. The van der Waals surface area contributed by atoms with Crippen LogP contribution in [0, 0.1) is 0 Å². The van der Waals surface area contributed by atoms with E-state index in [1.165, 1.54) is 87.5 Å². The normalized spacial score (nSPS) is 23.0. The zero-order valence-electron chi connectivity index (χ0n) is 16.0. The molecule has 0 amide bonds. The van der Waals surface area contributed by atoms with E-state index < -0.39 is 0 Å². The molecule has 2 unspecified atom stereocenters. The summed E-state index contributed by atoms with van der Waals surface area (Å²) in [5, 5.41) is 7.41. The highest BCUT2D eigenvalue weighted by Gasteiger charge is 2.15. The van der Waals surface area contributed by atoms with E-state index in [2.05, 4.69) is 33.0 Å². The molecule has 6 heteroatoms. The highest BCUT2D eigenvalue weighted by Crippen LogP contribution is 2.13. The van der Waals surface area contributed by atoms with Crippen LogP contribution in [0.3, 0.4) is 0 Å². The van der Waals surface area contributed by atoms with Gasteiger partial charge in [-0.3, -0.25) is 0 Å². The fourth-order valence-electron chi connectivity index (χ4n) is 3.77. The van der Waals surface area contributed by atoms with E-state index in [1.807, 2.05) is 0 Å². The molecule has 2 fully saturated rings. The van der Waals surface area contributed by atoms with Crippen LogP contribution in [-0.4, -0.2) is 86.3 Å². The van der Waals surface area contributed by atoms with Crippen LogP contribution in [0.15, 0.2) is 0 Å². The highest BCUT2D eigenvalue weighted by atomic mass is 31.1. The Morgan fingerprint density at radius 3 is 1.44 bits per heavy atom. The van der Waals surface area contributed by atoms with Gasteiger partial charge >= 0.3 is 0 Å². The molecule has 0 spiro atoms. The Balaban J connectivity index is 1.54. The van der Waals surface area contributed by atoms with Crippen LogP contribution in [0.5, 0.6) is 0 Å². The maximum absolute atomic E-state index is 4.11. The van der Waals surface area contributed by atoms with Gasteiger partial charge in [0.15, 0.2) is 0 Å². The monoisotopic (exact) mass is 384 g/mol. The minimum atomic E-state index is 0.521. The third-order valence-corrected chi connectivity index (χ3v) is 6.89. The van der Waals surface area contributed by atoms with E-state index in [-0.39, 0.29) is 0 Å². The lowest BCUT2D eigenvalue weighted by Gasteiger charge is -2.30. The second-order valence-electron chi connectivity index (χ2n) is 7.38. The quantitative estimate of drug-likeness (QED) is 0.400. The van der Waals surface area contributed by atoms with E-state index >= 15 is 0 Å². The minimum Gasteiger partial charge on any atom is -0.306 e. The predicted molar refractivity (Wildman–Crippen MR) is 117 cm³/mol. The molecule has 4 nitrogen and oxygen atoms in total. The fourth-order valence-corrected chi connectivity index (χ4v) is 4.98. The van der Waals surface area contributed by atoms with Crippen molar-refractivity contribution < 1.29 is 0 Å². The molecule has 0 aromatic rings. The van der Waals surface area contributed by atoms with Crippen LogP contribution in [0.1, 0.15) is 44.9 Å². The molecule has 0 aromatic carbocycles. The molecular weight excluding hydrogens is 346 g/mol. The summed E-state index contributed by atoms with van der Waals surface area (Å²) in [6.07, 6.45) is 17.7. The van der Waals surface area contributed by atoms with Gasteiger partial charge < -0.3 is 20.4 Å². The number of hydrogen-bond acceptors (Lipinski definition) is 4. The van der Waals surface area contributed by atoms with Gasteiger partial charge in [0, 0.05) is 13.1 Å². The molecule has 0 aliphatic carbocycles. The molecule has 2 heterocycles. The minimum absolute atomic E-state index is 0.521. The predicted octanol–water partition coefficient (Wildman–Crippen LogP) is 2.94. The van der Waals surface area contributed by atoms with Crippen molar-refractivity contribution in [1.29, 1.82) is 0 Å². The molecule has 144 valence electrons. The summed E-state index contributed by atoms with van der Waals surface area (Å²) in [5.41, 5.74) is 0. The number of nitrogens with one attached hydrogen (secondary N) is 2. The van der Waals surface area contributed by atoms with Crippen LogP contribution >= 0.6 is 16.4 Å². The molecule has 0 radical (unpaired) electrons. The maximum atomic E-state index is 4.11. The molecule has 25 heavy (non-hydrogen) atoms. The van der Waals surface area contributed by atoms with Gasteiger partial charge in [0.1, 0.15) is 0 Å². The third kappa shape index (κ3) is 9.09. The lowest BCUT2D eigenvalue weighted by atomic mass is 10.1. The Kier molecular flexibility index (Phi) is 11.5. The van der Waals surface area contributed by atoms with E-state index in [1.54, 1.807) is 0 Å². The Hall–Kier alpha value is 0.180. The van der Waals surface area contributed by atoms with Gasteiger partial charge in [0.05, 0.1) is 11.6 Å². The molecule has 2 saturated heterocycles. The molecule has 2 aliphatic heterocycles. The SMILES string of the molecule is C=PC(CN1CCCCC1)NCCCNC(CN1CCCCC1)P=C. The second kappa shape index (κ2) is 13.4. The van der Waals surface area contributed by atoms with Crippen LogP contribution < -0.4 is 10.6 Å². The summed E-state index contributed by atoms with van der Waals surface area (Å²) >= 11 is 0. The van der Waals surface area contributed by atoms with Gasteiger partial charge in [-0.15, -0.1) is 0 Å². The Morgan fingerprint density at radius 2 is 1.08 bits per heavy atom. The van der Waals surface area contributed by atoms with Crippen molar-refractivity contribution in [2.24, 2.45) is 0 Å². The second-order valence-corrected chi connectivity index (χ2v) is 9.36. The summed E-state index contributed by atoms with van der Waals surface area (Å²) in [7, 11) is 2.46. The zero-order chi connectivity index (χ0) is 17.7. The third-order valence-electron chi connectivity index (χ3n) is 5.31. The van der Waals surface area contributed by atoms with Gasteiger partial charge in [0.25, 0.3) is 0 Å². The number of rotatable bonds is 12. The molecule has 2 N–H and O–H groups in total. The van der Waals surface area contributed by atoms with Crippen LogP contribution in [0.4, 0.5) is 0 Å². The van der Waals surface area contributed by atoms with Crippen LogP contribution in [0.2, 0.25) is 0 Å². The van der Waals surface area contributed by atoms with E-state index in [9.17, 15) is 0 Å². The standard InChI is InChI=1S/C19H38N4P2/c1-24-18(16-22-12-5-3-6-13-22)20-10-9-11-21-19(25-2)17-23-14-7-4-8-15-23/h18-21H,1-17H2. The first-order valence-corrected chi connectivity index (χ1v) is 12.4. The van der Waals surface area contributed by atoms with Crippen LogP contribution in [0.25, 0.3) is 0 Å². The fraction of sp³-hybridized carbons (Fsp3) is 0.895. The van der Waals surface area contributed by atoms with E-state index in [0.29, 0.717) is 11.6 Å². The van der Waals surface area contributed by atoms with Crippen molar-refractivity contribution in [1.82, 2.24) is 20.4 Å². The molecule has 0 bridgehead atoms. The number of nitrogens with zero attached hydrogens (tertiary/aromatic N) is 2. The molecule has 2 atom stereocenters. The molecule has 2 rings (SSSR count). The van der Waals surface area contributed by atoms with Crippen LogP contribution in [-0.2, 0) is 0 Å². The first-order chi connectivity index (χ1) is 12.3. The van der Waals surface area contributed by atoms with Gasteiger partial charge in [0.2, 0.25) is 0 Å². The highest BCUT2D eigenvalue weighted by molar-refractivity contribution is 7.37. The summed E-state index contributed by atoms with van der Waals surface area (Å²) < 4.78 is 0. The largest absolute Gasteiger partial charge is 0.306 e. The van der Waals surface area contributed by atoms with Gasteiger partial charge in [-0.25, -0.2) is 0 Å². The van der Waals surface area contributed by atoms with E-state index in [0.717, 1.165) is 26.2 Å². The first kappa shape index (κ1) is 21.5. The van der Waals surface area contributed by atoms with E-state index in [4.69, 9.17) is 0 Å². The van der Waals surface area contributed by atoms with Crippen molar-refractivity contribution in [3.8, 4) is 0 Å². The number of piperidine rings is 2. The van der Waals surface area contributed by atoms with Crippen molar-refractivity contribution in [2.45, 2.75) is 56.5 Å². The summed E-state index contributed by atoms with van der Waals surface area (Å²) in [6, 6.07) is 0. The molecule has 0 saturated carbocycles. The number of hydrogen-bond donors (Lipinski definition) is 2. The zero-order valence-corrected chi connectivity index (χ0v) is 17.8. The molecular formula is C19H38N4P2. The Morgan fingerprint density at radius 1 is 0.680 bits per heavy atom. The van der Waals surface area contributed by atoms with Gasteiger partial charge in [-0.05, 0) is 71.4 Å². The van der Waals surface area contributed by atoms with Crippen molar-refractivity contribution in [3.05, 3.63) is 0 Å². The topological polar surface area (TPSA) is 30.5 Å². The van der Waals surface area contributed by atoms with Crippen molar-refractivity contribution in [2.75, 3.05) is 52.4 Å². The van der Waals surface area contributed by atoms with Crippen molar-refractivity contribution >= 4 is 29.0 Å². The van der Waals surface area contributed by atoms with Gasteiger partial charge in [-0.1, -0.05) is 41.8 Å². The Labute approximate surface area is 158 Å². The number of likely N-dealkylation sites (tertiary alicyclic amines) is 2. The smallest absolute Gasteiger partial charge is 0.0615 e. The average molecular weight is 384 g/mol.